The highest BCUT2D eigenvalue weighted by molar-refractivity contribution is 5.85. The van der Waals surface area contributed by atoms with Crippen LogP contribution in [0.15, 0.2) is 53.3 Å². The van der Waals surface area contributed by atoms with Crippen molar-refractivity contribution in [3.63, 3.8) is 0 Å². The van der Waals surface area contributed by atoms with Crippen molar-refractivity contribution in [2.75, 3.05) is 19.6 Å². The maximum absolute atomic E-state index is 13.0. The van der Waals surface area contributed by atoms with Crippen LogP contribution in [0.3, 0.4) is 0 Å². The molecular weight excluding hydrogens is 409 g/mol. The Hall–Kier alpha value is -2.19. The second-order valence-electron chi connectivity index (χ2n) is 7.69. The summed E-state index contributed by atoms with van der Waals surface area (Å²) in [4.78, 5) is 17.5. The average molecular weight is 438 g/mol. The van der Waals surface area contributed by atoms with Crippen LogP contribution in [-0.4, -0.2) is 44.7 Å². The van der Waals surface area contributed by atoms with E-state index in [1.807, 2.05) is 24.3 Å². The summed E-state index contributed by atoms with van der Waals surface area (Å²) in [5.74, 6) is 0.186. The molecule has 1 aliphatic heterocycles. The zero-order chi connectivity index (χ0) is 19.5. The van der Waals surface area contributed by atoms with E-state index in [0.29, 0.717) is 18.9 Å². The zero-order valence-electron chi connectivity index (χ0n) is 16.8. The maximum atomic E-state index is 13.0. The van der Waals surface area contributed by atoms with Gasteiger partial charge in [-0.1, -0.05) is 24.3 Å². The molecule has 1 aromatic heterocycles. The molecule has 0 bridgehead atoms. The summed E-state index contributed by atoms with van der Waals surface area (Å²) in [5.41, 5.74) is 2.55. The topological polar surface area (TPSA) is 92.8 Å². The molecule has 2 aromatic carbocycles. The number of aliphatic hydroxyl groups is 1. The normalized spacial score (nSPS) is 16.1. The summed E-state index contributed by atoms with van der Waals surface area (Å²) in [6, 6.07) is 13.9. The van der Waals surface area contributed by atoms with Crippen molar-refractivity contribution >= 4 is 23.4 Å². The Balaban J connectivity index is 0.00000160. The number of nitrogens with zero attached hydrogens (tertiary/aromatic N) is 2. The highest BCUT2D eigenvalue weighted by Gasteiger charge is 2.22. The van der Waals surface area contributed by atoms with Gasteiger partial charge < -0.3 is 20.5 Å². The van der Waals surface area contributed by atoms with Crippen LogP contribution in [0, 0.1) is 11.7 Å². The van der Waals surface area contributed by atoms with Gasteiger partial charge in [-0.25, -0.2) is 9.18 Å². The Bertz CT molecular complexity index is 981. The number of nitrogens with one attached hydrogen (secondary N) is 1. The van der Waals surface area contributed by atoms with Gasteiger partial charge in [0, 0.05) is 13.1 Å². The molecule has 0 radical (unpaired) electrons. The first kappa shape index (κ1) is 24.1. The van der Waals surface area contributed by atoms with Crippen LogP contribution >= 0.6 is 12.4 Å². The van der Waals surface area contributed by atoms with Crippen LogP contribution in [0.25, 0.3) is 11.0 Å². The van der Waals surface area contributed by atoms with Gasteiger partial charge in [-0.15, -0.1) is 12.4 Å². The van der Waals surface area contributed by atoms with Crippen molar-refractivity contribution in [2.24, 2.45) is 5.92 Å². The lowest BCUT2D eigenvalue weighted by Gasteiger charge is -2.33. The van der Waals surface area contributed by atoms with E-state index in [9.17, 15) is 14.3 Å². The third-order valence-electron chi connectivity index (χ3n) is 5.84. The molecule has 1 unspecified atom stereocenters. The average Bonchev–Trinajstić information content (AvgIpc) is 3.03. The van der Waals surface area contributed by atoms with Gasteiger partial charge >= 0.3 is 5.69 Å². The van der Waals surface area contributed by atoms with E-state index in [4.69, 9.17) is 0 Å². The lowest BCUT2D eigenvalue weighted by Crippen LogP contribution is -2.37. The second kappa shape index (κ2) is 10.7. The van der Waals surface area contributed by atoms with Crippen LogP contribution in [0.5, 0.6) is 0 Å². The molecule has 2 heterocycles. The minimum atomic E-state index is -0.540. The minimum absolute atomic E-state index is 0. The smallest absolute Gasteiger partial charge is 0.326 e. The molecule has 164 valence electrons. The largest absolute Gasteiger partial charge is 0.412 e. The third-order valence-corrected chi connectivity index (χ3v) is 5.84. The number of benzene rings is 2. The first-order valence-electron chi connectivity index (χ1n) is 9.93. The number of H-pyrrole nitrogens is 1. The molecule has 1 atom stereocenters. The molecule has 0 amide bonds. The van der Waals surface area contributed by atoms with Crippen molar-refractivity contribution in [3.05, 3.63) is 70.4 Å². The van der Waals surface area contributed by atoms with Crippen molar-refractivity contribution < 1.29 is 15.0 Å². The van der Waals surface area contributed by atoms with Crippen molar-refractivity contribution in [1.29, 1.82) is 0 Å². The molecule has 0 aliphatic carbocycles. The number of halogens is 2. The summed E-state index contributed by atoms with van der Waals surface area (Å²) in [6.45, 7) is 3.45. The zero-order valence-corrected chi connectivity index (χ0v) is 17.6. The van der Waals surface area contributed by atoms with Crippen LogP contribution in [-0.2, 0) is 6.54 Å². The summed E-state index contributed by atoms with van der Waals surface area (Å²) in [7, 11) is 0. The fraction of sp³-hybridized carbons (Fsp3) is 0.409. The van der Waals surface area contributed by atoms with E-state index in [2.05, 4.69) is 9.88 Å². The molecule has 0 spiro atoms. The van der Waals surface area contributed by atoms with Gasteiger partial charge in [0.2, 0.25) is 0 Å². The van der Waals surface area contributed by atoms with E-state index >= 15 is 0 Å². The van der Waals surface area contributed by atoms with Gasteiger partial charge in [0.25, 0.3) is 0 Å². The van der Waals surface area contributed by atoms with Gasteiger partial charge in [0.05, 0.1) is 17.1 Å². The number of piperidine rings is 1. The number of aliphatic hydroxyl groups excluding tert-OH is 1. The highest BCUT2D eigenvalue weighted by Crippen LogP contribution is 2.28. The van der Waals surface area contributed by atoms with E-state index in [0.717, 1.165) is 49.1 Å². The SMILES string of the molecule is Cl.O.O=c1[nH]c2ccccc2n1CCN1CCC(CC(O)c2ccc(F)cc2)CC1. The number of fused-ring (bicyclic) bond motifs is 1. The molecule has 3 aromatic rings. The Kier molecular flexibility index (Phi) is 8.61. The van der Waals surface area contributed by atoms with Crippen molar-refractivity contribution in [1.82, 2.24) is 14.5 Å². The van der Waals surface area contributed by atoms with Gasteiger partial charge in [-0.05, 0) is 68.1 Å². The van der Waals surface area contributed by atoms with Crippen LogP contribution in [0.2, 0.25) is 0 Å². The molecule has 4 rings (SSSR count). The van der Waals surface area contributed by atoms with Gasteiger partial charge in [-0.3, -0.25) is 4.57 Å². The van der Waals surface area contributed by atoms with E-state index in [-0.39, 0.29) is 29.4 Å². The second-order valence-corrected chi connectivity index (χ2v) is 7.69. The summed E-state index contributed by atoms with van der Waals surface area (Å²) >= 11 is 0. The number of hydrogen-bond acceptors (Lipinski definition) is 3. The Labute approximate surface area is 181 Å². The molecule has 8 heteroatoms. The molecule has 30 heavy (non-hydrogen) atoms. The standard InChI is InChI=1S/C22H26FN3O2.ClH.H2O/c23-18-7-5-17(6-8-18)21(27)15-16-9-11-25(12-10-16)13-14-26-20-4-2-1-3-19(20)24-22(26)28;;/h1-8,16,21,27H,9-15H2,(H,24,28);1H;1H2. The highest BCUT2D eigenvalue weighted by atomic mass is 35.5. The summed E-state index contributed by atoms with van der Waals surface area (Å²) in [6.07, 6.45) is 2.23. The predicted octanol–water partition coefficient (Wildman–Crippen LogP) is 2.90. The number of rotatable bonds is 6. The third kappa shape index (κ3) is 5.49. The first-order chi connectivity index (χ1) is 13.6. The molecular formula is C22H29ClFN3O3. The number of aromatic amines is 1. The Morgan fingerprint density at radius 1 is 1.07 bits per heavy atom. The Morgan fingerprint density at radius 2 is 1.73 bits per heavy atom. The van der Waals surface area contributed by atoms with Crippen molar-refractivity contribution in [2.45, 2.75) is 31.9 Å². The van der Waals surface area contributed by atoms with Gasteiger partial charge in [0.1, 0.15) is 5.82 Å². The molecule has 0 saturated carbocycles. The lowest BCUT2D eigenvalue weighted by molar-refractivity contribution is 0.107. The number of aromatic nitrogens is 2. The number of imidazole rings is 1. The summed E-state index contributed by atoms with van der Waals surface area (Å²) < 4.78 is 14.8. The molecule has 1 fully saturated rings. The quantitative estimate of drug-likeness (QED) is 0.621. The number of para-hydroxylation sites is 2. The fourth-order valence-corrected chi connectivity index (χ4v) is 4.15. The monoisotopic (exact) mass is 437 g/mol. The molecule has 6 nitrogen and oxygen atoms in total. The van der Waals surface area contributed by atoms with Crippen molar-refractivity contribution in [3.8, 4) is 0 Å². The van der Waals surface area contributed by atoms with E-state index in [1.165, 1.54) is 12.1 Å². The van der Waals surface area contributed by atoms with Gasteiger partial charge in [-0.2, -0.15) is 0 Å². The summed E-state index contributed by atoms with van der Waals surface area (Å²) in [5, 5.41) is 10.4. The van der Waals surface area contributed by atoms with Crippen LogP contribution in [0.4, 0.5) is 4.39 Å². The van der Waals surface area contributed by atoms with Crippen LogP contribution in [0.1, 0.15) is 30.9 Å². The number of likely N-dealkylation sites (tertiary alicyclic amines) is 1. The van der Waals surface area contributed by atoms with Crippen LogP contribution < -0.4 is 5.69 Å². The molecule has 4 N–H and O–H groups in total. The minimum Gasteiger partial charge on any atom is -0.412 e. The van der Waals surface area contributed by atoms with Gasteiger partial charge in [0.15, 0.2) is 0 Å². The van der Waals surface area contributed by atoms with E-state index in [1.54, 1.807) is 16.7 Å². The predicted molar refractivity (Wildman–Crippen MR) is 119 cm³/mol. The fourth-order valence-electron chi connectivity index (χ4n) is 4.15. The number of hydrogen-bond donors (Lipinski definition) is 2. The first-order valence-corrected chi connectivity index (χ1v) is 9.93. The molecule has 1 saturated heterocycles. The lowest BCUT2D eigenvalue weighted by atomic mass is 9.89. The Morgan fingerprint density at radius 3 is 2.43 bits per heavy atom. The maximum Gasteiger partial charge on any atom is 0.326 e. The molecule has 1 aliphatic rings. The van der Waals surface area contributed by atoms with E-state index < -0.39 is 6.10 Å².